The molecule has 2 rings (SSSR count). The fraction of sp³-hybridized carbons (Fsp3) is 0.357. The van der Waals surface area contributed by atoms with Gasteiger partial charge in [-0.25, -0.2) is 4.79 Å². The van der Waals surface area contributed by atoms with Crippen LogP contribution in [0.25, 0.3) is 0 Å². The van der Waals surface area contributed by atoms with Gasteiger partial charge >= 0.3 is 5.97 Å². The van der Waals surface area contributed by atoms with E-state index >= 15 is 0 Å². The van der Waals surface area contributed by atoms with Gasteiger partial charge in [0.05, 0.1) is 13.2 Å². The summed E-state index contributed by atoms with van der Waals surface area (Å²) in [5.41, 5.74) is 0. The van der Waals surface area contributed by atoms with Gasteiger partial charge < -0.3 is 14.5 Å². The molecule has 2 aromatic rings. The summed E-state index contributed by atoms with van der Waals surface area (Å²) < 4.78 is 10.1. The fourth-order valence-electron chi connectivity index (χ4n) is 1.87. The summed E-state index contributed by atoms with van der Waals surface area (Å²) in [6.45, 7) is 4.11. The first-order valence-electron chi connectivity index (χ1n) is 6.09. The molecule has 0 saturated heterocycles. The lowest BCUT2D eigenvalue weighted by Crippen LogP contribution is -2.21. The van der Waals surface area contributed by atoms with Crippen LogP contribution in [0.15, 0.2) is 34.1 Å². The quantitative estimate of drug-likeness (QED) is 0.851. The van der Waals surface area contributed by atoms with Crippen molar-refractivity contribution in [1.82, 2.24) is 5.32 Å². The van der Waals surface area contributed by atoms with Gasteiger partial charge in [-0.3, -0.25) is 0 Å². The van der Waals surface area contributed by atoms with Gasteiger partial charge in [-0.2, -0.15) is 0 Å². The lowest BCUT2D eigenvalue weighted by Gasteiger charge is -2.17. The molecule has 1 N–H and O–H groups in total. The molecule has 0 radical (unpaired) electrons. The first kappa shape index (κ1) is 13.8. The third-order valence-electron chi connectivity index (χ3n) is 2.91. The SMILES string of the molecule is COC(=O)c1ccc(C(C)N[C@@H](C)c2cccs2)o1. The molecule has 5 heteroatoms. The van der Waals surface area contributed by atoms with Gasteiger partial charge in [-0.1, -0.05) is 6.07 Å². The normalized spacial score (nSPS) is 14.1. The number of carbonyl (C=O) groups excluding carboxylic acids is 1. The number of furan rings is 1. The van der Waals surface area contributed by atoms with E-state index in [2.05, 4.69) is 28.4 Å². The molecule has 0 aliphatic carbocycles. The van der Waals surface area contributed by atoms with Crippen LogP contribution in [0.3, 0.4) is 0 Å². The zero-order valence-corrected chi connectivity index (χ0v) is 12.0. The summed E-state index contributed by atoms with van der Waals surface area (Å²) in [4.78, 5) is 12.6. The number of nitrogens with one attached hydrogen (secondary N) is 1. The average molecular weight is 279 g/mol. The molecular weight excluding hydrogens is 262 g/mol. The van der Waals surface area contributed by atoms with Crippen molar-refractivity contribution in [3.05, 3.63) is 46.0 Å². The van der Waals surface area contributed by atoms with Crippen LogP contribution in [0.1, 0.15) is 47.1 Å². The predicted molar refractivity (Wildman–Crippen MR) is 74.3 cm³/mol. The number of hydrogen-bond acceptors (Lipinski definition) is 5. The second-order valence-corrected chi connectivity index (χ2v) is 5.30. The average Bonchev–Trinajstić information content (AvgIpc) is 3.08. The van der Waals surface area contributed by atoms with E-state index in [1.165, 1.54) is 12.0 Å². The van der Waals surface area contributed by atoms with Gasteiger partial charge in [0.15, 0.2) is 0 Å². The minimum Gasteiger partial charge on any atom is -0.463 e. The maximum atomic E-state index is 11.3. The molecule has 0 saturated carbocycles. The van der Waals surface area contributed by atoms with Gasteiger partial charge in [0, 0.05) is 10.9 Å². The number of esters is 1. The molecule has 19 heavy (non-hydrogen) atoms. The summed E-state index contributed by atoms with van der Waals surface area (Å²) >= 11 is 1.71. The predicted octanol–water partition coefficient (Wildman–Crippen LogP) is 3.54. The first-order valence-corrected chi connectivity index (χ1v) is 6.97. The Hall–Kier alpha value is -1.59. The van der Waals surface area contributed by atoms with Crippen molar-refractivity contribution < 1.29 is 13.9 Å². The summed E-state index contributed by atoms with van der Waals surface area (Å²) in [6.07, 6.45) is 0. The van der Waals surface area contributed by atoms with Crippen molar-refractivity contribution in [2.45, 2.75) is 25.9 Å². The lowest BCUT2D eigenvalue weighted by molar-refractivity contribution is 0.0562. The Morgan fingerprint density at radius 1 is 1.32 bits per heavy atom. The van der Waals surface area contributed by atoms with Gasteiger partial charge in [-0.05, 0) is 37.4 Å². The molecule has 2 atom stereocenters. The molecular formula is C14H17NO3S. The fourth-order valence-corrected chi connectivity index (χ4v) is 2.62. The molecule has 0 fully saturated rings. The monoisotopic (exact) mass is 279 g/mol. The Morgan fingerprint density at radius 3 is 2.74 bits per heavy atom. The highest BCUT2D eigenvalue weighted by molar-refractivity contribution is 7.10. The van der Waals surface area contributed by atoms with E-state index in [1.807, 2.05) is 13.0 Å². The highest BCUT2D eigenvalue weighted by Crippen LogP contribution is 2.23. The number of methoxy groups -OCH3 is 1. The molecule has 0 bridgehead atoms. The van der Waals surface area contributed by atoms with Gasteiger partial charge in [-0.15, -0.1) is 11.3 Å². The number of rotatable bonds is 5. The van der Waals surface area contributed by atoms with Gasteiger partial charge in [0.2, 0.25) is 5.76 Å². The standard InChI is InChI=1S/C14H17NO3S/c1-9(15-10(2)13-5-4-8-19-13)11-6-7-12(18-11)14(16)17-3/h4-10,15H,1-3H3/t9?,10-/m0/s1. The van der Waals surface area contributed by atoms with Crippen LogP contribution in [-0.4, -0.2) is 13.1 Å². The van der Waals surface area contributed by atoms with E-state index in [1.54, 1.807) is 23.5 Å². The maximum Gasteiger partial charge on any atom is 0.373 e. The van der Waals surface area contributed by atoms with Crippen molar-refractivity contribution in [2.24, 2.45) is 0 Å². The number of hydrogen-bond donors (Lipinski definition) is 1. The second kappa shape index (κ2) is 6.04. The molecule has 4 nitrogen and oxygen atoms in total. The Labute approximate surface area is 116 Å². The van der Waals surface area contributed by atoms with E-state index in [0.717, 1.165) is 5.76 Å². The Balaban J connectivity index is 2.01. The topological polar surface area (TPSA) is 51.5 Å². The Kier molecular flexibility index (Phi) is 4.39. The molecule has 1 unspecified atom stereocenters. The van der Waals surface area contributed by atoms with Crippen LogP contribution in [0.5, 0.6) is 0 Å². The van der Waals surface area contributed by atoms with E-state index < -0.39 is 5.97 Å². The van der Waals surface area contributed by atoms with E-state index in [4.69, 9.17) is 4.42 Å². The van der Waals surface area contributed by atoms with E-state index in [9.17, 15) is 4.79 Å². The minimum atomic E-state index is -0.454. The number of thiophene rings is 1. The molecule has 102 valence electrons. The van der Waals surface area contributed by atoms with Crippen LogP contribution >= 0.6 is 11.3 Å². The third-order valence-corrected chi connectivity index (χ3v) is 3.97. The molecule has 2 aromatic heterocycles. The van der Waals surface area contributed by atoms with Crippen molar-refractivity contribution in [3.8, 4) is 0 Å². The van der Waals surface area contributed by atoms with E-state index in [0.29, 0.717) is 0 Å². The van der Waals surface area contributed by atoms with Crippen LogP contribution in [0.2, 0.25) is 0 Å². The minimum absolute atomic E-state index is 0.0236. The zero-order valence-electron chi connectivity index (χ0n) is 11.2. The van der Waals surface area contributed by atoms with Crippen molar-refractivity contribution >= 4 is 17.3 Å². The summed E-state index contributed by atoms with van der Waals surface area (Å²) in [7, 11) is 1.34. The molecule has 0 spiro atoms. The van der Waals surface area contributed by atoms with Crippen LogP contribution in [-0.2, 0) is 4.74 Å². The van der Waals surface area contributed by atoms with Gasteiger partial charge in [0.1, 0.15) is 5.76 Å². The van der Waals surface area contributed by atoms with Gasteiger partial charge in [0.25, 0.3) is 0 Å². The van der Waals surface area contributed by atoms with Crippen molar-refractivity contribution in [3.63, 3.8) is 0 Å². The number of ether oxygens (including phenoxy) is 1. The Morgan fingerprint density at radius 2 is 2.11 bits per heavy atom. The summed E-state index contributed by atoms with van der Waals surface area (Å²) in [5.74, 6) is 0.503. The molecule has 0 amide bonds. The van der Waals surface area contributed by atoms with Crippen LogP contribution in [0.4, 0.5) is 0 Å². The van der Waals surface area contributed by atoms with Crippen LogP contribution < -0.4 is 5.32 Å². The smallest absolute Gasteiger partial charge is 0.373 e. The summed E-state index contributed by atoms with van der Waals surface area (Å²) in [6, 6.07) is 7.82. The largest absolute Gasteiger partial charge is 0.463 e. The maximum absolute atomic E-state index is 11.3. The second-order valence-electron chi connectivity index (χ2n) is 4.32. The zero-order chi connectivity index (χ0) is 13.8. The summed E-state index contributed by atoms with van der Waals surface area (Å²) in [5, 5.41) is 5.49. The first-order chi connectivity index (χ1) is 9.11. The molecule has 0 aliphatic rings. The molecule has 2 heterocycles. The Bertz CT molecular complexity index is 533. The highest BCUT2D eigenvalue weighted by atomic mass is 32.1. The molecule has 0 aromatic carbocycles. The van der Waals surface area contributed by atoms with E-state index in [-0.39, 0.29) is 17.8 Å². The van der Waals surface area contributed by atoms with Crippen LogP contribution in [0, 0.1) is 0 Å². The number of carbonyl (C=O) groups is 1. The van der Waals surface area contributed by atoms with Crippen molar-refractivity contribution in [1.29, 1.82) is 0 Å². The third kappa shape index (κ3) is 3.24. The lowest BCUT2D eigenvalue weighted by atomic mass is 10.2. The van der Waals surface area contributed by atoms with Crippen molar-refractivity contribution in [2.75, 3.05) is 7.11 Å². The highest BCUT2D eigenvalue weighted by Gasteiger charge is 2.17. The molecule has 0 aliphatic heterocycles.